The number of hydrogen-bond donors (Lipinski definition) is 1. The highest BCUT2D eigenvalue weighted by Crippen LogP contribution is 2.14. The standard InChI is InChI=1S/C16H23NO5S/c1-4-12(3)17(11-16(19)20)15(18)10-13-6-8-14(9-7-13)23(21,22)5-2/h6-9,12H,4-5,10-11H2,1-3H3,(H,19,20). The monoisotopic (exact) mass is 341 g/mol. The van der Waals surface area contributed by atoms with Crippen molar-refractivity contribution < 1.29 is 23.1 Å². The predicted octanol–water partition coefficient (Wildman–Crippen LogP) is 1.73. The summed E-state index contributed by atoms with van der Waals surface area (Å²) in [5.41, 5.74) is 0.656. The first-order valence-corrected chi connectivity index (χ1v) is 9.19. The molecule has 0 aliphatic heterocycles. The average Bonchev–Trinajstić information content (AvgIpc) is 2.52. The summed E-state index contributed by atoms with van der Waals surface area (Å²) in [5, 5.41) is 8.94. The third-order valence-electron chi connectivity index (χ3n) is 3.77. The molecule has 0 saturated heterocycles. The van der Waals surface area contributed by atoms with E-state index in [1.165, 1.54) is 17.0 Å². The summed E-state index contributed by atoms with van der Waals surface area (Å²) in [6, 6.07) is 5.98. The van der Waals surface area contributed by atoms with E-state index >= 15 is 0 Å². The molecule has 0 radical (unpaired) electrons. The summed E-state index contributed by atoms with van der Waals surface area (Å²) >= 11 is 0. The van der Waals surface area contributed by atoms with E-state index in [0.717, 1.165) is 0 Å². The van der Waals surface area contributed by atoms with E-state index in [4.69, 9.17) is 5.11 Å². The number of benzene rings is 1. The molecular weight excluding hydrogens is 318 g/mol. The predicted molar refractivity (Wildman–Crippen MR) is 87.0 cm³/mol. The van der Waals surface area contributed by atoms with Gasteiger partial charge in [-0.3, -0.25) is 9.59 Å². The van der Waals surface area contributed by atoms with Crippen LogP contribution in [0.4, 0.5) is 0 Å². The lowest BCUT2D eigenvalue weighted by atomic mass is 10.1. The van der Waals surface area contributed by atoms with Gasteiger partial charge in [0.2, 0.25) is 5.91 Å². The molecule has 1 aromatic carbocycles. The second kappa shape index (κ2) is 8.10. The van der Waals surface area contributed by atoms with Crippen molar-refractivity contribution in [2.75, 3.05) is 12.3 Å². The highest BCUT2D eigenvalue weighted by atomic mass is 32.2. The number of hydrogen-bond acceptors (Lipinski definition) is 4. The molecule has 0 saturated carbocycles. The average molecular weight is 341 g/mol. The number of nitrogens with zero attached hydrogens (tertiary/aromatic N) is 1. The fraction of sp³-hybridized carbons (Fsp3) is 0.500. The minimum Gasteiger partial charge on any atom is -0.480 e. The van der Waals surface area contributed by atoms with Gasteiger partial charge in [0.05, 0.1) is 17.1 Å². The number of carbonyl (C=O) groups is 2. The fourth-order valence-electron chi connectivity index (χ4n) is 2.11. The first kappa shape index (κ1) is 19.2. The lowest BCUT2D eigenvalue weighted by Gasteiger charge is -2.27. The second-order valence-corrected chi connectivity index (χ2v) is 7.68. The van der Waals surface area contributed by atoms with E-state index in [9.17, 15) is 18.0 Å². The molecule has 1 aromatic rings. The van der Waals surface area contributed by atoms with Crippen LogP contribution in [0.25, 0.3) is 0 Å². The van der Waals surface area contributed by atoms with E-state index in [2.05, 4.69) is 0 Å². The van der Waals surface area contributed by atoms with Crippen LogP contribution in [0.2, 0.25) is 0 Å². The van der Waals surface area contributed by atoms with Gasteiger partial charge >= 0.3 is 5.97 Å². The number of sulfone groups is 1. The Balaban J connectivity index is 2.88. The zero-order valence-corrected chi connectivity index (χ0v) is 14.5. The zero-order chi connectivity index (χ0) is 17.6. The Kier molecular flexibility index (Phi) is 6.75. The maximum absolute atomic E-state index is 12.3. The number of aliphatic carboxylic acids is 1. The maximum atomic E-state index is 12.3. The largest absolute Gasteiger partial charge is 0.480 e. The van der Waals surface area contributed by atoms with Gasteiger partial charge in [0.15, 0.2) is 9.84 Å². The quantitative estimate of drug-likeness (QED) is 0.777. The van der Waals surface area contributed by atoms with Crippen LogP contribution in [0.5, 0.6) is 0 Å². The number of carboxylic acids is 1. The normalized spacial score (nSPS) is 12.7. The van der Waals surface area contributed by atoms with Crippen LogP contribution in [-0.2, 0) is 25.8 Å². The SMILES string of the molecule is CCC(C)N(CC(=O)O)C(=O)Cc1ccc(S(=O)(=O)CC)cc1. The summed E-state index contributed by atoms with van der Waals surface area (Å²) in [4.78, 5) is 24.8. The first-order chi connectivity index (χ1) is 10.7. The molecular formula is C16H23NO5S. The molecule has 0 fully saturated rings. The molecule has 6 nitrogen and oxygen atoms in total. The highest BCUT2D eigenvalue weighted by molar-refractivity contribution is 7.91. The Morgan fingerprint density at radius 1 is 1.17 bits per heavy atom. The summed E-state index contributed by atoms with van der Waals surface area (Å²) in [6.45, 7) is 4.92. The van der Waals surface area contributed by atoms with Crippen LogP contribution in [0.15, 0.2) is 29.2 Å². The van der Waals surface area contributed by atoms with Gasteiger partial charge in [0.25, 0.3) is 0 Å². The van der Waals surface area contributed by atoms with Crippen molar-refractivity contribution in [3.63, 3.8) is 0 Å². The van der Waals surface area contributed by atoms with E-state index in [1.54, 1.807) is 26.0 Å². The van der Waals surface area contributed by atoms with Gasteiger partial charge in [-0.05, 0) is 31.0 Å². The van der Waals surface area contributed by atoms with Crippen molar-refractivity contribution in [2.45, 2.75) is 44.6 Å². The van der Waals surface area contributed by atoms with Crippen LogP contribution >= 0.6 is 0 Å². The Labute approximate surface area is 137 Å². The molecule has 1 rings (SSSR count). The van der Waals surface area contributed by atoms with Crippen molar-refractivity contribution in [1.29, 1.82) is 0 Å². The molecule has 1 N–H and O–H groups in total. The van der Waals surface area contributed by atoms with Crippen molar-refractivity contribution >= 4 is 21.7 Å². The number of amides is 1. The Morgan fingerprint density at radius 2 is 1.74 bits per heavy atom. The molecule has 0 aliphatic rings. The lowest BCUT2D eigenvalue weighted by Crippen LogP contribution is -2.42. The minimum absolute atomic E-state index is 0.0195. The Bertz CT molecular complexity index is 652. The van der Waals surface area contributed by atoms with Crippen molar-refractivity contribution in [1.82, 2.24) is 4.90 Å². The first-order valence-electron chi connectivity index (χ1n) is 7.54. The number of rotatable bonds is 8. The molecule has 0 aliphatic carbocycles. The minimum atomic E-state index is -3.27. The highest BCUT2D eigenvalue weighted by Gasteiger charge is 2.21. The van der Waals surface area contributed by atoms with E-state index in [1.807, 2.05) is 6.92 Å². The Hall–Kier alpha value is -1.89. The van der Waals surface area contributed by atoms with Crippen molar-refractivity contribution in [2.24, 2.45) is 0 Å². The van der Waals surface area contributed by atoms with E-state index < -0.39 is 15.8 Å². The number of carbonyl (C=O) groups excluding carboxylic acids is 1. The summed E-state index contributed by atoms with van der Waals surface area (Å²) in [7, 11) is -3.27. The van der Waals surface area contributed by atoms with Crippen molar-refractivity contribution in [3.8, 4) is 0 Å². The van der Waals surface area contributed by atoms with Gasteiger partial charge in [-0.1, -0.05) is 26.0 Å². The van der Waals surface area contributed by atoms with Gasteiger partial charge in [-0.25, -0.2) is 8.42 Å². The molecule has 23 heavy (non-hydrogen) atoms. The maximum Gasteiger partial charge on any atom is 0.323 e. The summed E-state index contributed by atoms with van der Waals surface area (Å²) in [5.74, 6) is -1.32. The zero-order valence-electron chi connectivity index (χ0n) is 13.7. The molecule has 0 bridgehead atoms. The third-order valence-corrected chi connectivity index (χ3v) is 5.52. The van der Waals surface area contributed by atoms with E-state index in [0.29, 0.717) is 12.0 Å². The molecule has 0 heterocycles. The topological polar surface area (TPSA) is 91.8 Å². The van der Waals surface area contributed by atoms with Gasteiger partial charge in [-0.15, -0.1) is 0 Å². The molecule has 0 aromatic heterocycles. The van der Waals surface area contributed by atoms with Crippen LogP contribution in [-0.4, -0.2) is 48.6 Å². The van der Waals surface area contributed by atoms with Crippen LogP contribution < -0.4 is 0 Å². The summed E-state index contributed by atoms with van der Waals surface area (Å²) < 4.78 is 23.5. The van der Waals surface area contributed by atoms with E-state index in [-0.39, 0.29) is 35.6 Å². The van der Waals surface area contributed by atoms with Crippen LogP contribution in [0, 0.1) is 0 Å². The molecule has 128 valence electrons. The van der Waals surface area contributed by atoms with Gasteiger partial charge < -0.3 is 10.0 Å². The van der Waals surface area contributed by atoms with Crippen molar-refractivity contribution in [3.05, 3.63) is 29.8 Å². The van der Waals surface area contributed by atoms with Crippen LogP contribution in [0.1, 0.15) is 32.8 Å². The Morgan fingerprint density at radius 3 is 2.17 bits per heavy atom. The number of carboxylic acid groups (broad SMARTS) is 1. The smallest absolute Gasteiger partial charge is 0.323 e. The molecule has 7 heteroatoms. The van der Waals surface area contributed by atoms with Crippen LogP contribution in [0.3, 0.4) is 0 Å². The van der Waals surface area contributed by atoms with Gasteiger partial charge in [-0.2, -0.15) is 0 Å². The second-order valence-electron chi connectivity index (χ2n) is 5.40. The van der Waals surface area contributed by atoms with Gasteiger partial charge in [0, 0.05) is 6.04 Å². The molecule has 1 atom stereocenters. The molecule has 1 unspecified atom stereocenters. The molecule has 1 amide bonds. The lowest BCUT2D eigenvalue weighted by molar-refractivity contribution is -0.145. The fourth-order valence-corrected chi connectivity index (χ4v) is 3.00. The summed E-state index contributed by atoms with van der Waals surface area (Å²) in [6.07, 6.45) is 0.705. The molecule has 0 spiro atoms. The van der Waals surface area contributed by atoms with Gasteiger partial charge in [0.1, 0.15) is 6.54 Å². The third kappa shape index (κ3) is 5.35.